The summed E-state index contributed by atoms with van der Waals surface area (Å²) in [4.78, 5) is 0. The van der Waals surface area contributed by atoms with Crippen LogP contribution in [0.3, 0.4) is 0 Å². The molecule has 0 amide bonds. The Kier molecular flexibility index (Phi) is 3.55. The molecule has 0 unspecified atom stereocenters. The van der Waals surface area contributed by atoms with Gasteiger partial charge in [0.05, 0.1) is 0 Å². The van der Waals surface area contributed by atoms with Crippen LogP contribution in [-0.2, 0) is 5.33 Å². The molecule has 11 heavy (non-hydrogen) atoms. The topological polar surface area (TPSA) is 0 Å². The second-order valence-electron chi connectivity index (χ2n) is 2.07. The lowest BCUT2D eigenvalue weighted by Gasteiger charge is -1.93. The van der Waals surface area contributed by atoms with Crippen LogP contribution in [0.5, 0.6) is 0 Å². The Bertz CT molecular complexity index is 279. The molecule has 0 atom stereocenters. The Labute approximate surface area is 80.5 Å². The fourth-order valence-corrected chi connectivity index (χ4v) is 1.24. The van der Waals surface area contributed by atoms with Crippen molar-refractivity contribution in [2.24, 2.45) is 0 Å². The van der Waals surface area contributed by atoms with Crippen LogP contribution < -0.4 is 0 Å². The maximum Gasteiger partial charge on any atom is 0.0283 e. The fourth-order valence-electron chi connectivity index (χ4n) is 0.742. The van der Waals surface area contributed by atoms with Crippen molar-refractivity contribution < 1.29 is 0 Å². The highest BCUT2D eigenvalue weighted by atomic mass is 79.9. The van der Waals surface area contributed by atoms with Gasteiger partial charge in [-0.3, -0.25) is 0 Å². The van der Waals surface area contributed by atoms with E-state index in [1.165, 1.54) is 5.56 Å². The Balaban J connectivity index is 2.88. The van der Waals surface area contributed by atoms with E-state index in [0.717, 1.165) is 10.9 Å². The van der Waals surface area contributed by atoms with E-state index in [9.17, 15) is 0 Å². The Morgan fingerprint density at radius 1 is 1.27 bits per heavy atom. The van der Waals surface area contributed by atoms with Gasteiger partial charge in [-0.25, -0.2) is 0 Å². The summed E-state index contributed by atoms with van der Waals surface area (Å²) in [7, 11) is 0. The van der Waals surface area contributed by atoms with Crippen LogP contribution >= 0.6 is 28.6 Å². The summed E-state index contributed by atoms with van der Waals surface area (Å²) >= 11 is 7.18. The number of hydrogen-bond donors (Lipinski definition) is 1. The van der Waals surface area contributed by atoms with Crippen LogP contribution in [0.2, 0.25) is 0 Å². The van der Waals surface area contributed by atoms with Gasteiger partial charge in [-0.05, 0) is 22.9 Å². The van der Waals surface area contributed by atoms with Crippen molar-refractivity contribution in [3.05, 3.63) is 35.4 Å². The van der Waals surface area contributed by atoms with Crippen LogP contribution in [0.4, 0.5) is 0 Å². The minimum atomic E-state index is 0.890. The molecule has 0 fully saturated rings. The Hall–Kier alpha value is -0.390. The number of rotatable bonds is 1. The van der Waals surface area contributed by atoms with Crippen molar-refractivity contribution in [2.75, 3.05) is 0 Å². The molecule has 0 aliphatic carbocycles. The van der Waals surface area contributed by atoms with Gasteiger partial charge in [0.2, 0.25) is 0 Å². The average molecular weight is 227 g/mol. The lowest BCUT2D eigenvalue weighted by Crippen LogP contribution is -1.77. The third-order valence-corrected chi connectivity index (χ3v) is 2.07. The maximum absolute atomic E-state index is 3.81. The predicted octanol–water partition coefficient (Wildman–Crippen LogP) is 2.82. The van der Waals surface area contributed by atoms with E-state index < -0.39 is 0 Å². The third kappa shape index (κ3) is 2.61. The third-order valence-electron chi connectivity index (χ3n) is 1.31. The van der Waals surface area contributed by atoms with E-state index in [4.69, 9.17) is 0 Å². The quantitative estimate of drug-likeness (QED) is 0.425. The summed E-state index contributed by atoms with van der Waals surface area (Å²) < 4.78 is 0. The van der Waals surface area contributed by atoms with Gasteiger partial charge in [0, 0.05) is 10.9 Å². The molecule has 0 aliphatic rings. The van der Waals surface area contributed by atoms with E-state index in [1.54, 1.807) is 0 Å². The van der Waals surface area contributed by atoms with Crippen molar-refractivity contribution in [3.8, 4) is 11.2 Å². The van der Waals surface area contributed by atoms with Crippen LogP contribution in [0.15, 0.2) is 24.3 Å². The molecule has 0 heterocycles. The first kappa shape index (κ1) is 8.70. The number of hydrogen-bond acceptors (Lipinski definition) is 1. The maximum atomic E-state index is 3.81. The van der Waals surface area contributed by atoms with Gasteiger partial charge in [0.1, 0.15) is 0 Å². The van der Waals surface area contributed by atoms with E-state index >= 15 is 0 Å². The molecule has 0 saturated heterocycles. The number of benzene rings is 1. The van der Waals surface area contributed by atoms with E-state index in [-0.39, 0.29) is 0 Å². The number of halogens is 1. The predicted molar refractivity (Wildman–Crippen MR) is 54.9 cm³/mol. The molecular weight excluding hydrogens is 220 g/mol. The summed E-state index contributed by atoms with van der Waals surface area (Å²) in [6.45, 7) is 0. The second-order valence-corrected chi connectivity index (χ2v) is 2.85. The van der Waals surface area contributed by atoms with Crippen molar-refractivity contribution in [1.82, 2.24) is 0 Å². The zero-order chi connectivity index (χ0) is 8.10. The zero-order valence-corrected chi connectivity index (χ0v) is 8.32. The van der Waals surface area contributed by atoms with Gasteiger partial charge in [-0.15, -0.1) is 0 Å². The molecule has 1 rings (SSSR count). The smallest absolute Gasteiger partial charge is 0.0283 e. The summed E-state index contributed by atoms with van der Waals surface area (Å²) in [6.07, 6.45) is 0. The highest BCUT2D eigenvalue weighted by Gasteiger charge is 1.88. The molecule has 0 spiro atoms. The van der Waals surface area contributed by atoms with E-state index in [2.05, 4.69) is 39.7 Å². The van der Waals surface area contributed by atoms with E-state index in [0.29, 0.717) is 0 Å². The number of thiol groups is 1. The summed E-state index contributed by atoms with van der Waals surface area (Å²) in [5.41, 5.74) is 2.26. The minimum absolute atomic E-state index is 0.890. The summed E-state index contributed by atoms with van der Waals surface area (Å²) in [5.74, 6) is 2.86. The highest BCUT2D eigenvalue weighted by Crippen LogP contribution is 2.06. The van der Waals surface area contributed by atoms with Gasteiger partial charge in [0.15, 0.2) is 0 Å². The lowest BCUT2D eigenvalue weighted by molar-refractivity contribution is 1.43. The molecule has 1 aromatic rings. The van der Waals surface area contributed by atoms with Gasteiger partial charge >= 0.3 is 0 Å². The van der Waals surface area contributed by atoms with Gasteiger partial charge in [-0.1, -0.05) is 46.6 Å². The monoisotopic (exact) mass is 226 g/mol. The van der Waals surface area contributed by atoms with Gasteiger partial charge < -0.3 is 0 Å². The molecule has 0 N–H and O–H groups in total. The standard InChI is InChI=1S/C9H7BrS/c10-7-9-3-1-8(2-4-9)5-6-11/h1-4,11H,7H2. The molecule has 0 saturated carbocycles. The fraction of sp³-hybridized carbons (Fsp3) is 0.111. The van der Waals surface area contributed by atoms with Crippen LogP contribution in [-0.4, -0.2) is 0 Å². The molecule has 2 heteroatoms. The molecule has 56 valence electrons. The SMILES string of the molecule is SC#Cc1ccc(CBr)cc1. The normalized spacial score (nSPS) is 8.55. The van der Waals surface area contributed by atoms with Crippen LogP contribution in [0, 0.1) is 11.2 Å². The Morgan fingerprint density at radius 2 is 1.91 bits per heavy atom. The lowest BCUT2D eigenvalue weighted by atomic mass is 10.2. The minimum Gasteiger partial charge on any atom is -0.0918 e. The average Bonchev–Trinajstić information content (AvgIpc) is 2.07. The molecule has 0 aliphatic heterocycles. The summed E-state index contributed by atoms with van der Waals surface area (Å²) in [6, 6.07) is 8.06. The van der Waals surface area contributed by atoms with Crippen molar-refractivity contribution >= 4 is 28.6 Å². The highest BCUT2D eigenvalue weighted by molar-refractivity contribution is 9.08. The van der Waals surface area contributed by atoms with Crippen molar-refractivity contribution in [2.45, 2.75) is 5.33 Å². The second kappa shape index (κ2) is 4.48. The first-order chi connectivity index (χ1) is 5.36. The molecule has 0 aromatic heterocycles. The van der Waals surface area contributed by atoms with Crippen molar-refractivity contribution in [1.29, 1.82) is 0 Å². The van der Waals surface area contributed by atoms with Gasteiger partial charge in [-0.2, -0.15) is 0 Å². The number of alkyl halides is 1. The molecule has 1 aromatic carbocycles. The van der Waals surface area contributed by atoms with Crippen LogP contribution in [0.25, 0.3) is 0 Å². The molecule has 0 nitrogen and oxygen atoms in total. The summed E-state index contributed by atoms with van der Waals surface area (Å²) in [5, 5.41) is 3.44. The zero-order valence-electron chi connectivity index (χ0n) is 5.84. The first-order valence-corrected chi connectivity index (χ1v) is 4.73. The molecule has 0 bridgehead atoms. The largest absolute Gasteiger partial charge is 0.0918 e. The van der Waals surface area contributed by atoms with Crippen LogP contribution in [0.1, 0.15) is 11.1 Å². The first-order valence-electron chi connectivity index (χ1n) is 3.17. The molecule has 0 radical (unpaired) electrons. The van der Waals surface area contributed by atoms with Gasteiger partial charge in [0.25, 0.3) is 0 Å². The van der Waals surface area contributed by atoms with E-state index in [1.807, 2.05) is 24.3 Å². The Morgan fingerprint density at radius 3 is 2.36 bits per heavy atom. The molecular formula is C9H7BrS. The van der Waals surface area contributed by atoms with Crippen molar-refractivity contribution in [3.63, 3.8) is 0 Å².